The summed E-state index contributed by atoms with van der Waals surface area (Å²) in [6.45, 7) is 0. The maximum absolute atomic E-state index is 11.3. The average Bonchev–Trinajstić information content (AvgIpc) is 2.68. The van der Waals surface area contributed by atoms with E-state index in [-0.39, 0.29) is 5.56 Å². The summed E-state index contributed by atoms with van der Waals surface area (Å²) < 4.78 is 10.6. The van der Waals surface area contributed by atoms with Gasteiger partial charge in [0.1, 0.15) is 17.3 Å². The molecule has 1 aromatic heterocycles. The number of ether oxygens (including phenoxy) is 2. The average molecular weight is 366 g/mol. The van der Waals surface area contributed by atoms with E-state index in [1.165, 1.54) is 6.07 Å². The molecule has 0 bridgehead atoms. The SMILES string of the molecule is COc1ccc(OC)c(Nc2nccc(Nc3ccccc3C(=O)O)n2)c1. The van der Waals surface area contributed by atoms with Gasteiger partial charge in [-0.05, 0) is 30.3 Å². The molecule has 8 nitrogen and oxygen atoms in total. The quantitative estimate of drug-likeness (QED) is 0.581. The summed E-state index contributed by atoms with van der Waals surface area (Å²) in [6, 6.07) is 13.6. The summed E-state index contributed by atoms with van der Waals surface area (Å²) in [7, 11) is 3.14. The van der Waals surface area contributed by atoms with Crippen LogP contribution < -0.4 is 20.1 Å². The van der Waals surface area contributed by atoms with Crippen molar-refractivity contribution in [2.24, 2.45) is 0 Å². The lowest BCUT2D eigenvalue weighted by atomic mass is 10.2. The zero-order valence-electron chi connectivity index (χ0n) is 14.8. The van der Waals surface area contributed by atoms with Crippen LogP contribution in [-0.4, -0.2) is 35.3 Å². The van der Waals surface area contributed by atoms with Crippen LogP contribution in [-0.2, 0) is 0 Å². The molecule has 0 aliphatic carbocycles. The van der Waals surface area contributed by atoms with Crippen LogP contribution in [0.3, 0.4) is 0 Å². The number of nitrogens with one attached hydrogen (secondary N) is 2. The largest absolute Gasteiger partial charge is 0.497 e. The predicted molar refractivity (Wildman–Crippen MR) is 102 cm³/mol. The second-order valence-electron chi connectivity index (χ2n) is 5.43. The Labute approximate surface area is 155 Å². The Balaban J connectivity index is 1.86. The highest BCUT2D eigenvalue weighted by molar-refractivity contribution is 5.95. The molecular weight excluding hydrogens is 348 g/mol. The highest BCUT2D eigenvalue weighted by Gasteiger charge is 2.11. The van der Waals surface area contributed by atoms with Crippen LogP contribution in [0.2, 0.25) is 0 Å². The fourth-order valence-corrected chi connectivity index (χ4v) is 2.44. The van der Waals surface area contributed by atoms with Gasteiger partial charge in [0.2, 0.25) is 5.95 Å². The van der Waals surface area contributed by atoms with E-state index in [9.17, 15) is 9.90 Å². The van der Waals surface area contributed by atoms with Crippen molar-refractivity contribution in [3.63, 3.8) is 0 Å². The van der Waals surface area contributed by atoms with Crippen molar-refractivity contribution in [1.82, 2.24) is 9.97 Å². The summed E-state index contributed by atoms with van der Waals surface area (Å²) >= 11 is 0. The number of hydrogen-bond acceptors (Lipinski definition) is 7. The number of carboxylic acid groups (broad SMARTS) is 1. The highest BCUT2D eigenvalue weighted by Crippen LogP contribution is 2.31. The molecule has 2 aromatic carbocycles. The number of carboxylic acids is 1. The van der Waals surface area contributed by atoms with Crippen LogP contribution in [0.1, 0.15) is 10.4 Å². The number of hydrogen-bond donors (Lipinski definition) is 3. The van der Waals surface area contributed by atoms with Crippen LogP contribution >= 0.6 is 0 Å². The van der Waals surface area contributed by atoms with Gasteiger partial charge in [0.15, 0.2) is 0 Å². The molecule has 0 unspecified atom stereocenters. The smallest absolute Gasteiger partial charge is 0.337 e. The Bertz CT molecular complexity index is 962. The van der Waals surface area contributed by atoms with Gasteiger partial charge in [-0.15, -0.1) is 0 Å². The van der Waals surface area contributed by atoms with Crippen LogP contribution in [0.5, 0.6) is 11.5 Å². The Morgan fingerprint density at radius 1 is 1.00 bits per heavy atom. The normalized spacial score (nSPS) is 10.1. The number of carbonyl (C=O) groups is 1. The molecule has 27 heavy (non-hydrogen) atoms. The molecule has 3 aromatic rings. The second-order valence-corrected chi connectivity index (χ2v) is 5.43. The molecule has 0 saturated carbocycles. The van der Waals surface area contributed by atoms with Gasteiger partial charge >= 0.3 is 5.97 Å². The Morgan fingerprint density at radius 2 is 1.81 bits per heavy atom. The van der Waals surface area contributed by atoms with E-state index >= 15 is 0 Å². The number of methoxy groups -OCH3 is 2. The van der Waals surface area contributed by atoms with Crippen molar-refractivity contribution in [3.05, 3.63) is 60.3 Å². The number of para-hydroxylation sites is 1. The second kappa shape index (κ2) is 8.05. The van der Waals surface area contributed by atoms with Gasteiger partial charge < -0.3 is 25.2 Å². The molecule has 3 rings (SSSR count). The van der Waals surface area contributed by atoms with Crippen molar-refractivity contribution in [3.8, 4) is 11.5 Å². The minimum absolute atomic E-state index is 0.153. The van der Waals surface area contributed by atoms with E-state index in [0.717, 1.165) is 0 Å². The first-order chi connectivity index (χ1) is 13.1. The molecule has 0 amide bonds. The first kappa shape index (κ1) is 18.0. The number of aromatic nitrogens is 2. The minimum Gasteiger partial charge on any atom is -0.497 e. The van der Waals surface area contributed by atoms with Crippen molar-refractivity contribution < 1.29 is 19.4 Å². The molecule has 0 atom stereocenters. The van der Waals surface area contributed by atoms with Gasteiger partial charge in [-0.3, -0.25) is 0 Å². The maximum atomic E-state index is 11.3. The van der Waals surface area contributed by atoms with Gasteiger partial charge in [0.25, 0.3) is 0 Å². The molecule has 0 spiro atoms. The molecule has 0 radical (unpaired) electrons. The van der Waals surface area contributed by atoms with E-state index in [2.05, 4.69) is 20.6 Å². The van der Waals surface area contributed by atoms with Crippen LogP contribution in [0.25, 0.3) is 0 Å². The Morgan fingerprint density at radius 3 is 2.56 bits per heavy atom. The van der Waals surface area contributed by atoms with Crippen molar-refractivity contribution in [2.45, 2.75) is 0 Å². The van der Waals surface area contributed by atoms with Gasteiger partial charge in [-0.25, -0.2) is 9.78 Å². The Kier molecular flexibility index (Phi) is 5.36. The number of nitrogens with zero attached hydrogens (tertiary/aromatic N) is 2. The lowest BCUT2D eigenvalue weighted by Gasteiger charge is -2.13. The summed E-state index contributed by atoms with van der Waals surface area (Å²) in [6.07, 6.45) is 1.56. The highest BCUT2D eigenvalue weighted by atomic mass is 16.5. The monoisotopic (exact) mass is 366 g/mol. The summed E-state index contributed by atoms with van der Waals surface area (Å²) in [5, 5.41) is 15.4. The third kappa shape index (κ3) is 4.24. The van der Waals surface area contributed by atoms with E-state index in [1.807, 2.05) is 0 Å². The topological polar surface area (TPSA) is 106 Å². The van der Waals surface area contributed by atoms with Crippen molar-refractivity contribution in [1.29, 1.82) is 0 Å². The number of rotatable bonds is 7. The molecule has 0 aliphatic rings. The lowest BCUT2D eigenvalue weighted by Crippen LogP contribution is -2.05. The molecule has 0 aliphatic heterocycles. The summed E-state index contributed by atoms with van der Waals surface area (Å²) in [5.74, 6) is 1.01. The maximum Gasteiger partial charge on any atom is 0.337 e. The first-order valence-corrected chi connectivity index (χ1v) is 8.02. The molecule has 138 valence electrons. The van der Waals surface area contributed by atoms with E-state index in [1.54, 1.807) is 62.9 Å². The molecule has 0 saturated heterocycles. The van der Waals surface area contributed by atoms with E-state index in [0.29, 0.717) is 34.6 Å². The standard InChI is InChI=1S/C19H18N4O4/c1-26-12-7-8-16(27-2)15(11-12)22-19-20-10-9-17(23-19)21-14-6-4-3-5-13(14)18(24)25/h3-11H,1-2H3,(H,24,25)(H2,20,21,22,23). The van der Waals surface area contributed by atoms with Crippen LogP contribution in [0, 0.1) is 0 Å². The van der Waals surface area contributed by atoms with Gasteiger partial charge in [-0.2, -0.15) is 4.98 Å². The van der Waals surface area contributed by atoms with Crippen LogP contribution in [0.4, 0.5) is 23.1 Å². The molecule has 8 heteroatoms. The number of benzene rings is 2. The predicted octanol–water partition coefficient (Wildman–Crippen LogP) is 3.68. The van der Waals surface area contributed by atoms with Gasteiger partial charge in [0.05, 0.1) is 31.2 Å². The third-order valence-electron chi connectivity index (χ3n) is 3.73. The summed E-state index contributed by atoms with van der Waals surface area (Å²) in [5.41, 5.74) is 1.23. The molecule has 1 heterocycles. The van der Waals surface area contributed by atoms with E-state index in [4.69, 9.17) is 9.47 Å². The fraction of sp³-hybridized carbons (Fsp3) is 0.105. The molecule has 3 N–H and O–H groups in total. The van der Waals surface area contributed by atoms with E-state index < -0.39 is 5.97 Å². The van der Waals surface area contributed by atoms with Crippen LogP contribution in [0.15, 0.2) is 54.7 Å². The zero-order valence-corrected chi connectivity index (χ0v) is 14.8. The third-order valence-corrected chi connectivity index (χ3v) is 3.73. The minimum atomic E-state index is -1.02. The lowest BCUT2D eigenvalue weighted by molar-refractivity contribution is 0.0698. The van der Waals surface area contributed by atoms with Gasteiger partial charge in [-0.1, -0.05) is 12.1 Å². The van der Waals surface area contributed by atoms with Crippen molar-refractivity contribution in [2.75, 3.05) is 24.9 Å². The first-order valence-electron chi connectivity index (χ1n) is 8.02. The number of aromatic carboxylic acids is 1. The molecule has 0 fully saturated rings. The summed E-state index contributed by atoms with van der Waals surface area (Å²) in [4.78, 5) is 19.9. The zero-order chi connectivity index (χ0) is 19.2. The fourth-order valence-electron chi connectivity index (χ4n) is 2.44. The Hall–Kier alpha value is -3.81. The number of anilines is 4. The molecular formula is C19H18N4O4. The van der Waals surface area contributed by atoms with Crippen molar-refractivity contribution >= 4 is 29.1 Å². The van der Waals surface area contributed by atoms with Gasteiger partial charge in [0, 0.05) is 12.3 Å².